The number of thiophene rings is 1. The molecule has 0 saturated heterocycles. The first-order valence-electron chi connectivity index (χ1n) is 5.56. The van der Waals surface area contributed by atoms with E-state index >= 15 is 0 Å². The van der Waals surface area contributed by atoms with Gasteiger partial charge in [-0.1, -0.05) is 18.2 Å². The number of nitrogens with one attached hydrogen (secondary N) is 1. The van der Waals surface area contributed by atoms with E-state index in [1.807, 2.05) is 29.6 Å². The lowest BCUT2D eigenvalue weighted by Gasteiger charge is -2.22. The van der Waals surface area contributed by atoms with Gasteiger partial charge in [-0.3, -0.25) is 11.3 Å². The van der Waals surface area contributed by atoms with Crippen molar-refractivity contribution in [3.05, 3.63) is 35.2 Å². The van der Waals surface area contributed by atoms with Gasteiger partial charge in [0.15, 0.2) is 9.84 Å². The SMILES string of the molecule is CC(C(NN)c1cccc2ccsc12)S(C)(=O)=O. The third-order valence-corrected chi connectivity index (χ3v) is 5.77. The summed E-state index contributed by atoms with van der Waals surface area (Å²) in [5, 5.41) is 2.53. The molecule has 98 valence electrons. The number of hydrazine groups is 1. The molecule has 0 radical (unpaired) electrons. The molecule has 0 aliphatic rings. The lowest BCUT2D eigenvalue weighted by Crippen LogP contribution is -2.38. The predicted octanol–water partition coefficient (Wildman–Crippen LogP) is 1.84. The molecule has 18 heavy (non-hydrogen) atoms. The van der Waals surface area contributed by atoms with Crippen molar-refractivity contribution >= 4 is 31.3 Å². The number of rotatable bonds is 4. The Hall–Kier alpha value is -0.950. The Morgan fingerprint density at radius 1 is 1.33 bits per heavy atom. The Morgan fingerprint density at radius 2 is 2.06 bits per heavy atom. The van der Waals surface area contributed by atoms with Crippen LogP contribution in [-0.2, 0) is 9.84 Å². The van der Waals surface area contributed by atoms with Crippen molar-refractivity contribution in [2.75, 3.05) is 6.26 Å². The lowest BCUT2D eigenvalue weighted by atomic mass is 10.0. The first-order chi connectivity index (χ1) is 8.45. The normalized spacial score (nSPS) is 15.7. The van der Waals surface area contributed by atoms with E-state index in [2.05, 4.69) is 5.43 Å². The molecule has 0 amide bonds. The average Bonchev–Trinajstić information content (AvgIpc) is 2.77. The van der Waals surface area contributed by atoms with Gasteiger partial charge in [-0.15, -0.1) is 11.3 Å². The van der Waals surface area contributed by atoms with Gasteiger partial charge in [-0.05, 0) is 29.3 Å². The number of hydrogen-bond acceptors (Lipinski definition) is 5. The summed E-state index contributed by atoms with van der Waals surface area (Å²) in [6.45, 7) is 1.67. The Labute approximate surface area is 111 Å². The summed E-state index contributed by atoms with van der Waals surface area (Å²) in [6.07, 6.45) is 1.23. The topological polar surface area (TPSA) is 72.2 Å². The number of fused-ring (bicyclic) bond motifs is 1. The van der Waals surface area contributed by atoms with Crippen molar-refractivity contribution < 1.29 is 8.42 Å². The minimum Gasteiger partial charge on any atom is -0.271 e. The van der Waals surface area contributed by atoms with Gasteiger partial charge in [0, 0.05) is 11.0 Å². The van der Waals surface area contributed by atoms with Gasteiger partial charge in [0.05, 0.1) is 11.3 Å². The molecule has 2 rings (SSSR count). The number of sulfone groups is 1. The second kappa shape index (κ2) is 4.97. The molecule has 1 heterocycles. The number of nitrogens with two attached hydrogens (primary N) is 1. The summed E-state index contributed by atoms with van der Waals surface area (Å²) in [6, 6.07) is 7.47. The minimum atomic E-state index is -3.15. The summed E-state index contributed by atoms with van der Waals surface area (Å²) in [5.41, 5.74) is 3.57. The Morgan fingerprint density at radius 3 is 2.67 bits per heavy atom. The van der Waals surface area contributed by atoms with Gasteiger partial charge in [0.2, 0.25) is 0 Å². The van der Waals surface area contributed by atoms with E-state index in [0.717, 1.165) is 15.6 Å². The van der Waals surface area contributed by atoms with Crippen LogP contribution in [0.5, 0.6) is 0 Å². The lowest BCUT2D eigenvalue weighted by molar-refractivity contribution is 0.516. The van der Waals surface area contributed by atoms with Crippen molar-refractivity contribution in [3.8, 4) is 0 Å². The monoisotopic (exact) mass is 284 g/mol. The van der Waals surface area contributed by atoms with E-state index in [0.29, 0.717) is 0 Å². The van der Waals surface area contributed by atoms with Crippen LogP contribution < -0.4 is 11.3 Å². The molecule has 0 saturated carbocycles. The highest BCUT2D eigenvalue weighted by atomic mass is 32.2. The quantitative estimate of drug-likeness (QED) is 0.664. The van der Waals surface area contributed by atoms with Crippen molar-refractivity contribution in [3.63, 3.8) is 0 Å². The maximum Gasteiger partial charge on any atom is 0.151 e. The fraction of sp³-hybridized carbons (Fsp3) is 0.333. The molecule has 0 fully saturated rings. The highest BCUT2D eigenvalue weighted by Gasteiger charge is 2.27. The van der Waals surface area contributed by atoms with Crippen LogP contribution in [0.4, 0.5) is 0 Å². The number of hydrogen-bond donors (Lipinski definition) is 2. The van der Waals surface area contributed by atoms with Gasteiger partial charge in [0.1, 0.15) is 0 Å². The van der Waals surface area contributed by atoms with Crippen LogP contribution >= 0.6 is 11.3 Å². The van der Waals surface area contributed by atoms with E-state index in [4.69, 9.17) is 5.84 Å². The fourth-order valence-corrected chi connectivity index (χ4v) is 3.66. The zero-order chi connectivity index (χ0) is 13.3. The Bertz CT molecular complexity index is 649. The molecular weight excluding hydrogens is 268 g/mol. The smallest absolute Gasteiger partial charge is 0.151 e. The molecule has 0 spiro atoms. The molecule has 6 heteroatoms. The van der Waals surface area contributed by atoms with Crippen LogP contribution in [0.2, 0.25) is 0 Å². The zero-order valence-corrected chi connectivity index (χ0v) is 11.9. The zero-order valence-electron chi connectivity index (χ0n) is 10.3. The first kappa shape index (κ1) is 13.5. The van der Waals surface area contributed by atoms with Gasteiger partial charge >= 0.3 is 0 Å². The van der Waals surface area contributed by atoms with Gasteiger partial charge < -0.3 is 0 Å². The first-order valence-corrected chi connectivity index (χ1v) is 8.39. The second-order valence-electron chi connectivity index (χ2n) is 4.37. The van der Waals surface area contributed by atoms with E-state index in [9.17, 15) is 8.42 Å². The van der Waals surface area contributed by atoms with E-state index in [1.54, 1.807) is 18.3 Å². The summed E-state index contributed by atoms with van der Waals surface area (Å²) in [5.74, 6) is 5.55. The van der Waals surface area contributed by atoms with Gasteiger partial charge in [-0.25, -0.2) is 8.42 Å². The van der Waals surface area contributed by atoms with Crippen LogP contribution in [0.25, 0.3) is 10.1 Å². The largest absolute Gasteiger partial charge is 0.271 e. The highest BCUT2D eigenvalue weighted by molar-refractivity contribution is 7.91. The average molecular weight is 284 g/mol. The molecular formula is C12H16N2O2S2. The highest BCUT2D eigenvalue weighted by Crippen LogP contribution is 2.31. The molecule has 2 aromatic rings. The predicted molar refractivity (Wildman–Crippen MR) is 76.2 cm³/mol. The maximum atomic E-state index is 11.7. The summed E-state index contributed by atoms with van der Waals surface area (Å²) >= 11 is 1.60. The molecule has 4 nitrogen and oxygen atoms in total. The van der Waals surface area contributed by atoms with Crippen molar-refractivity contribution in [2.24, 2.45) is 5.84 Å². The van der Waals surface area contributed by atoms with Crippen LogP contribution in [0, 0.1) is 0 Å². The Kier molecular flexibility index (Phi) is 3.72. The van der Waals surface area contributed by atoms with E-state index < -0.39 is 21.1 Å². The van der Waals surface area contributed by atoms with E-state index in [-0.39, 0.29) is 0 Å². The second-order valence-corrected chi connectivity index (χ2v) is 7.68. The standard InChI is InChI=1S/C12H16N2O2S2/c1-8(18(2,15)16)11(14-13)10-5-3-4-9-6-7-17-12(9)10/h3-8,11,14H,13H2,1-2H3. The minimum absolute atomic E-state index is 0.401. The van der Waals surface area contributed by atoms with Crippen molar-refractivity contribution in [1.29, 1.82) is 0 Å². The summed E-state index contributed by atoms with van der Waals surface area (Å²) in [4.78, 5) is 0. The molecule has 0 aliphatic heterocycles. The molecule has 2 unspecified atom stereocenters. The van der Waals surface area contributed by atoms with Gasteiger partial charge in [-0.2, -0.15) is 0 Å². The van der Waals surface area contributed by atoms with Crippen LogP contribution in [0.1, 0.15) is 18.5 Å². The van der Waals surface area contributed by atoms with Gasteiger partial charge in [0.25, 0.3) is 0 Å². The number of benzene rings is 1. The summed E-state index contributed by atoms with van der Waals surface area (Å²) < 4.78 is 24.5. The maximum absolute atomic E-state index is 11.7. The van der Waals surface area contributed by atoms with E-state index in [1.165, 1.54) is 6.26 Å². The van der Waals surface area contributed by atoms with Crippen LogP contribution in [0.3, 0.4) is 0 Å². The Balaban J connectivity index is 2.54. The van der Waals surface area contributed by atoms with Crippen molar-refractivity contribution in [2.45, 2.75) is 18.2 Å². The van der Waals surface area contributed by atoms with Crippen molar-refractivity contribution in [1.82, 2.24) is 5.43 Å². The molecule has 1 aromatic carbocycles. The third kappa shape index (κ3) is 2.42. The van der Waals surface area contributed by atoms with Crippen LogP contribution in [-0.4, -0.2) is 19.9 Å². The molecule has 2 atom stereocenters. The summed E-state index contributed by atoms with van der Waals surface area (Å²) in [7, 11) is -3.15. The fourth-order valence-electron chi connectivity index (χ4n) is 1.99. The van der Waals surface area contributed by atoms with Crippen LogP contribution in [0.15, 0.2) is 29.6 Å². The molecule has 3 N–H and O–H groups in total. The third-order valence-electron chi connectivity index (χ3n) is 3.17. The molecule has 0 aliphatic carbocycles. The molecule has 0 bridgehead atoms. The molecule has 1 aromatic heterocycles.